The van der Waals surface area contributed by atoms with E-state index in [4.69, 9.17) is 5.11 Å². The summed E-state index contributed by atoms with van der Waals surface area (Å²) >= 11 is 3.38. The van der Waals surface area contributed by atoms with Crippen molar-refractivity contribution in [2.24, 2.45) is 5.92 Å². The summed E-state index contributed by atoms with van der Waals surface area (Å²) in [6, 6.07) is 8.21. The molecule has 0 amide bonds. The summed E-state index contributed by atoms with van der Waals surface area (Å²) in [6.07, 6.45) is 0.948. The van der Waals surface area contributed by atoms with Crippen LogP contribution in [0.2, 0.25) is 0 Å². The first-order chi connectivity index (χ1) is 5.72. The molecule has 0 heterocycles. The van der Waals surface area contributed by atoms with Crippen LogP contribution in [0, 0.1) is 5.92 Å². The van der Waals surface area contributed by atoms with Gasteiger partial charge in [-0.1, -0.05) is 35.0 Å². The van der Waals surface area contributed by atoms with Gasteiger partial charge in [-0.2, -0.15) is 0 Å². The summed E-state index contributed by atoms with van der Waals surface area (Å²) in [5.41, 5.74) is 1.28. The molecule has 2 heteroatoms. The standard InChI is InChI=1S/C10H13BrO/c1-8(7-12)6-9-2-4-10(11)5-3-9/h2-5,8,12H,6-7H2,1H3/t8-/m1/s1. The molecule has 0 saturated carbocycles. The number of benzene rings is 1. The van der Waals surface area contributed by atoms with Crippen molar-refractivity contribution >= 4 is 15.9 Å². The van der Waals surface area contributed by atoms with E-state index in [1.807, 2.05) is 19.1 Å². The molecular weight excluding hydrogens is 216 g/mol. The molecule has 0 saturated heterocycles. The molecule has 0 aromatic heterocycles. The van der Waals surface area contributed by atoms with Crippen molar-refractivity contribution in [2.75, 3.05) is 6.61 Å². The second-order valence-electron chi connectivity index (χ2n) is 3.12. The van der Waals surface area contributed by atoms with Crippen molar-refractivity contribution in [1.82, 2.24) is 0 Å². The summed E-state index contributed by atoms with van der Waals surface area (Å²) in [7, 11) is 0. The fraction of sp³-hybridized carbons (Fsp3) is 0.400. The van der Waals surface area contributed by atoms with Gasteiger partial charge in [0, 0.05) is 11.1 Å². The first kappa shape index (κ1) is 9.75. The van der Waals surface area contributed by atoms with Gasteiger partial charge in [0.2, 0.25) is 0 Å². The molecule has 0 radical (unpaired) electrons. The Morgan fingerprint density at radius 3 is 2.42 bits per heavy atom. The van der Waals surface area contributed by atoms with Crippen molar-refractivity contribution in [2.45, 2.75) is 13.3 Å². The number of aliphatic hydroxyl groups excluding tert-OH is 1. The Hall–Kier alpha value is -0.340. The van der Waals surface area contributed by atoms with Crippen LogP contribution in [0.1, 0.15) is 12.5 Å². The van der Waals surface area contributed by atoms with E-state index < -0.39 is 0 Å². The number of rotatable bonds is 3. The Labute approximate surface area is 81.6 Å². The largest absolute Gasteiger partial charge is 0.396 e. The Morgan fingerprint density at radius 2 is 1.92 bits per heavy atom. The van der Waals surface area contributed by atoms with Gasteiger partial charge in [-0.15, -0.1) is 0 Å². The summed E-state index contributed by atoms with van der Waals surface area (Å²) in [5.74, 6) is 0.353. The summed E-state index contributed by atoms with van der Waals surface area (Å²) in [4.78, 5) is 0. The Kier molecular flexibility index (Phi) is 3.76. The predicted molar refractivity (Wildman–Crippen MR) is 54.1 cm³/mol. The molecule has 0 aliphatic carbocycles. The van der Waals surface area contributed by atoms with Gasteiger partial charge in [-0.05, 0) is 30.0 Å². The lowest BCUT2D eigenvalue weighted by Gasteiger charge is -2.06. The second kappa shape index (κ2) is 4.63. The maximum Gasteiger partial charge on any atom is 0.0459 e. The summed E-state index contributed by atoms with van der Waals surface area (Å²) in [6.45, 7) is 2.30. The minimum Gasteiger partial charge on any atom is -0.396 e. The number of aliphatic hydroxyl groups is 1. The van der Waals surface area contributed by atoms with E-state index in [2.05, 4.69) is 28.1 Å². The average Bonchev–Trinajstić information content (AvgIpc) is 2.09. The third kappa shape index (κ3) is 2.95. The van der Waals surface area contributed by atoms with Gasteiger partial charge in [0.25, 0.3) is 0 Å². The molecular formula is C10H13BrO. The van der Waals surface area contributed by atoms with Crippen molar-refractivity contribution in [1.29, 1.82) is 0 Å². The predicted octanol–water partition coefficient (Wildman–Crippen LogP) is 2.62. The van der Waals surface area contributed by atoms with Crippen LogP contribution in [0.4, 0.5) is 0 Å². The monoisotopic (exact) mass is 228 g/mol. The van der Waals surface area contributed by atoms with E-state index >= 15 is 0 Å². The zero-order valence-corrected chi connectivity index (χ0v) is 8.71. The van der Waals surface area contributed by atoms with Crippen molar-refractivity contribution in [3.8, 4) is 0 Å². The Bertz CT molecular complexity index is 230. The highest BCUT2D eigenvalue weighted by Crippen LogP contribution is 2.13. The Balaban J connectivity index is 2.58. The molecule has 0 fully saturated rings. The van der Waals surface area contributed by atoms with Gasteiger partial charge in [-0.25, -0.2) is 0 Å². The van der Waals surface area contributed by atoms with E-state index in [0.717, 1.165) is 10.9 Å². The summed E-state index contributed by atoms with van der Waals surface area (Å²) in [5, 5.41) is 8.84. The van der Waals surface area contributed by atoms with E-state index in [9.17, 15) is 0 Å². The molecule has 1 N–H and O–H groups in total. The minimum atomic E-state index is 0.260. The molecule has 0 aliphatic heterocycles. The van der Waals surface area contributed by atoms with Gasteiger partial charge < -0.3 is 5.11 Å². The van der Waals surface area contributed by atoms with Crippen molar-refractivity contribution < 1.29 is 5.11 Å². The second-order valence-corrected chi connectivity index (χ2v) is 4.03. The van der Waals surface area contributed by atoms with Gasteiger partial charge in [0.05, 0.1) is 0 Å². The van der Waals surface area contributed by atoms with Crippen LogP contribution in [0.25, 0.3) is 0 Å². The number of hydrogen-bond donors (Lipinski definition) is 1. The first-order valence-corrected chi connectivity index (χ1v) is 4.87. The Morgan fingerprint density at radius 1 is 1.33 bits per heavy atom. The lowest BCUT2D eigenvalue weighted by Crippen LogP contribution is -2.04. The van der Waals surface area contributed by atoms with E-state index in [-0.39, 0.29) is 6.61 Å². The number of hydrogen-bond acceptors (Lipinski definition) is 1. The summed E-state index contributed by atoms with van der Waals surface area (Å²) < 4.78 is 1.10. The molecule has 0 aliphatic rings. The maximum absolute atomic E-state index is 8.84. The van der Waals surface area contributed by atoms with Crippen LogP contribution in [0.3, 0.4) is 0 Å². The molecule has 12 heavy (non-hydrogen) atoms. The third-order valence-electron chi connectivity index (χ3n) is 1.81. The SMILES string of the molecule is C[C@@H](CO)Cc1ccc(Br)cc1. The van der Waals surface area contributed by atoms with Crippen molar-refractivity contribution in [3.63, 3.8) is 0 Å². The zero-order valence-electron chi connectivity index (χ0n) is 7.13. The molecule has 1 aromatic rings. The topological polar surface area (TPSA) is 20.2 Å². The fourth-order valence-corrected chi connectivity index (χ4v) is 1.35. The van der Waals surface area contributed by atoms with Crippen LogP contribution >= 0.6 is 15.9 Å². The van der Waals surface area contributed by atoms with Crippen LogP contribution in [0.5, 0.6) is 0 Å². The lowest BCUT2D eigenvalue weighted by molar-refractivity contribution is 0.237. The van der Waals surface area contributed by atoms with Crippen LogP contribution < -0.4 is 0 Å². The lowest BCUT2D eigenvalue weighted by atomic mass is 10.0. The van der Waals surface area contributed by atoms with Gasteiger partial charge in [0.1, 0.15) is 0 Å². The fourth-order valence-electron chi connectivity index (χ4n) is 1.09. The van der Waals surface area contributed by atoms with E-state index in [1.54, 1.807) is 0 Å². The van der Waals surface area contributed by atoms with Gasteiger partial charge in [-0.3, -0.25) is 0 Å². The average molecular weight is 229 g/mol. The third-order valence-corrected chi connectivity index (χ3v) is 2.34. The zero-order chi connectivity index (χ0) is 8.97. The maximum atomic E-state index is 8.84. The minimum absolute atomic E-state index is 0.260. The quantitative estimate of drug-likeness (QED) is 0.844. The van der Waals surface area contributed by atoms with Crippen LogP contribution in [0.15, 0.2) is 28.7 Å². The molecule has 1 rings (SSSR count). The molecule has 0 spiro atoms. The normalized spacial score (nSPS) is 12.9. The van der Waals surface area contributed by atoms with Crippen LogP contribution in [-0.4, -0.2) is 11.7 Å². The number of halogens is 1. The van der Waals surface area contributed by atoms with E-state index in [1.165, 1.54) is 5.56 Å². The first-order valence-electron chi connectivity index (χ1n) is 4.07. The molecule has 0 unspecified atom stereocenters. The van der Waals surface area contributed by atoms with Crippen molar-refractivity contribution in [3.05, 3.63) is 34.3 Å². The van der Waals surface area contributed by atoms with Gasteiger partial charge in [0.15, 0.2) is 0 Å². The molecule has 0 bridgehead atoms. The van der Waals surface area contributed by atoms with Gasteiger partial charge >= 0.3 is 0 Å². The highest BCUT2D eigenvalue weighted by molar-refractivity contribution is 9.10. The molecule has 1 atom stereocenters. The highest BCUT2D eigenvalue weighted by atomic mass is 79.9. The molecule has 1 nitrogen and oxygen atoms in total. The molecule has 66 valence electrons. The highest BCUT2D eigenvalue weighted by Gasteiger charge is 2.00. The smallest absolute Gasteiger partial charge is 0.0459 e. The van der Waals surface area contributed by atoms with E-state index in [0.29, 0.717) is 5.92 Å². The molecule has 1 aromatic carbocycles. The van der Waals surface area contributed by atoms with Crippen LogP contribution in [-0.2, 0) is 6.42 Å².